The molecule has 24 heavy (non-hydrogen) atoms. The third-order valence-corrected chi connectivity index (χ3v) is 5.27. The predicted octanol–water partition coefficient (Wildman–Crippen LogP) is 3.54. The number of carbonyl (C=O) groups excluding carboxylic acids is 2. The maximum atomic E-state index is 12.5. The van der Waals surface area contributed by atoms with Crippen LogP contribution in [0, 0.1) is 6.92 Å². The van der Waals surface area contributed by atoms with E-state index >= 15 is 0 Å². The van der Waals surface area contributed by atoms with Crippen LogP contribution in [-0.2, 0) is 4.79 Å². The highest BCUT2D eigenvalue weighted by Crippen LogP contribution is 2.32. The molecule has 1 fully saturated rings. The first-order valence-electron chi connectivity index (χ1n) is 8.33. The van der Waals surface area contributed by atoms with E-state index in [-0.39, 0.29) is 17.9 Å². The SMILES string of the molecule is Cc1ccc(C2CCCN2C(=O)CCNC(=O)c2cccs2)cc1. The molecule has 4 nitrogen and oxygen atoms in total. The number of nitrogens with zero attached hydrogens (tertiary/aromatic N) is 1. The van der Waals surface area contributed by atoms with E-state index in [4.69, 9.17) is 0 Å². The summed E-state index contributed by atoms with van der Waals surface area (Å²) in [7, 11) is 0. The summed E-state index contributed by atoms with van der Waals surface area (Å²) in [5, 5.41) is 4.70. The zero-order valence-electron chi connectivity index (χ0n) is 13.8. The van der Waals surface area contributed by atoms with Gasteiger partial charge in [0.1, 0.15) is 0 Å². The summed E-state index contributed by atoms with van der Waals surface area (Å²) in [5.74, 6) is 0.0128. The minimum absolute atomic E-state index is 0.102. The Bertz CT molecular complexity index is 695. The molecular weight excluding hydrogens is 320 g/mol. The highest BCUT2D eigenvalue weighted by atomic mass is 32.1. The highest BCUT2D eigenvalue weighted by molar-refractivity contribution is 7.12. The normalized spacial score (nSPS) is 17.0. The van der Waals surface area contributed by atoms with Crippen molar-refractivity contribution in [3.63, 3.8) is 0 Å². The number of aryl methyl sites for hydroxylation is 1. The first-order valence-corrected chi connectivity index (χ1v) is 9.21. The van der Waals surface area contributed by atoms with Crippen molar-refractivity contribution in [3.05, 3.63) is 57.8 Å². The van der Waals surface area contributed by atoms with E-state index in [2.05, 4.69) is 36.5 Å². The van der Waals surface area contributed by atoms with Crippen molar-refractivity contribution < 1.29 is 9.59 Å². The van der Waals surface area contributed by atoms with Gasteiger partial charge >= 0.3 is 0 Å². The van der Waals surface area contributed by atoms with E-state index in [0.717, 1.165) is 19.4 Å². The summed E-state index contributed by atoms with van der Waals surface area (Å²) in [6, 6.07) is 12.2. The maximum absolute atomic E-state index is 12.5. The molecule has 5 heteroatoms. The van der Waals surface area contributed by atoms with Crippen LogP contribution < -0.4 is 5.32 Å². The van der Waals surface area contributed by atoms with Gasteiger partial charge in [0.2, 0.25) is 5.91 Å². The van der Waals surface area contributed by atoms with Crippen molar-refractivity contribution >= 4 is 23.2 Å². The molecule has 1 aliphatic rings. The van der Waals surface area contributed by atoms with E-state index in [1.807, 2.05) is 16.3 Å². The van der Waals surface area contributed by atoms with Gasteiger partial charge in [0.25, 0.3) is 5.91 Å². The molecule has 2 heterocycles. The van der Waals surface area contributed by atoms with E-state index in [1.54, 1.807) is 6.07 Å². The van der Waals surface area contributed by atoms with Gasteiger partial charge in [0, 0.05) is 19.5 Å². The average Bonchev–Trinajstić information content (AvgIpc) is 3.27. The molecular formula is C19H22N2O2S. The monoisotopic (exact) mass is 342 g/mol. The molecule has 2 aromatic rings. The highest BCUT2D eigenvalue weighted by Gasteiger charge is 2.29. The van der Waals surface area contributed by atoms with Gasteiger partial charge in [-0.3, -0.25) is 9.59 Å². The van der Waals surface area contributed by atoms with Crippen LogP contribution in [0.4, 0.5) is 0 Å². The number of benzene rings is 1. The minimum atomic E-state index is -0.102. The number of amides is 2. The number of hydrogen-bond acceptors (Lipinski definition) is 3. The summed E-state index contributed by atoms with van der Waals surface area (Å²) >= 11 is 1.41. The van der Waals surface area contributed by atoms with Crippen molar-refractivity contribution in [2.45, 2.75) is 32.2 Å². The summed E-state index contributed by atoms with van der Waals surface area (Å²) in [6.07, 6.45) is 2.39. The van der Waals surface area contributed by atoms with Crippen molar-refractivity contribution in [2.24, 2.45) is 0 Å². The molecule has 1 unspecified atom stereocenters. The molecule has 126 valence electrons. The third kappa shape index (κ3) is 3.85. The van der Waals surface area contributed by atoms with Crippen molar-refractivity contribution in [3.8, 4) is 0 Å². The Morgan fingerprint density at radius 2 is 2.04 bits per heavy atom. The van der Waals surface area contributed by atoms with E-state index in [9.17, 15) is 9.59 Å². The Hall–Kier alpha value is -2.14. The van der Waals surface area contributed by atoms with E-state index < -0.39 is 0 Å². The second-order valence-electron chi connectivity index (χ2n) is 6.14. The van der Waals surface area contributed by atoms with Crippen LogP contribution >= 0.6 is 11.3 Å². The summed E-state index contributed by atoms with van der Waals surface area (Å²) in [4.78, 5) is 27.1. The van der Waals surface area contributed by atoms with Gasteiger partial charge in [-0.1, -0.05) is 35.9 Å². The zero-order valence-corrected chi connectivity index (χ0v) is 14.6. The van der Waals surface area contributed by atoms with Gasteiger partial charge in [0.05, 0.1) is 10.9 Å². The van der Waals surface area contributed by atoms with Crippen LogP contribution in [-0.4, -0.2) is 29.8 Å². The van der Waals surface area contributed by atoms with Crippen LogP contribution in [0.15, 0.2) is 41.8 Å². The van der Waals surface area contributed by atoms with Gasteiger partial charge in [-0.25, -0.2) is 0 Å². The second kappa shape index (κ2) is 7.62. The molecule has 1 N–H and O–H groups in total. The van der Waals surface area contributed by atoms with Crippen molar-refractivity contribution in [1.29, 1.82) is 0 Å². The lowest BCUT2D eigenvalue weighted by Crippen LogP contribution is -2.34. The first-order chi connectivity index (χ1) is 11.6. The molecule has 1 aromatic heterocycles. The minimum Gasteiger partial charge on any atom is -0.351 e. The van der Waals surface area contributed by atoms with Gasteiger partial charge < -0.3 is 10.2 Å². The quantitative estimate of drug-likeness (QED) is 0.903. The summed E-state index contributed by atoms with van der Waals surface area (Å²) in [6.45, 7) is 3.25. The Morgan fingerprint density at radius 1 is 1.25 bits per heavy atom. The number of nitrogens with one attached hydrogen (secondary N) is 1. The van der Waals surface area contributed by atoms with Gasteiger partial charge in [-0.2, -0.15) is 0 Å². The fourth-order valence-electron chi connectivity index (χ4n) is 3.12. The van der Waals surface area contributed by atoms with E-state index in [0.29, 0.717) is 17.8 Å². The molecule has 2 amide bonds. The fraction of sp³-hybridized carbons (Fsp3) is 0.368. The molecule has 1 atom stereocenters. The summed E-state index contributed by atoms with van der Waals surface area (Å²) < 4.78 is 0. The lowest BCUT2D eigenvalue weighted by molar-refractivity contribution is -0.132. The zero-order chi connectivity index (χ0) is 16.9. The standard InChI is InChI=1S/C19H22N2O2S/c1-14-6-8-15(9-7-14)16-4-2-12-21(16)18(22)10-11-20-19(23)17-5-3-13-24-17/h3,5-9,13,16H,2,4,10-12H2,1H3,(H,20,23). The number of thiophene rings is 1. The van der Waals surface area contributed by atoms with Gasteiger partial charge in [-0.15, -0.1) is 11.3 Å². The smallest absolute Gasteiger partial charge is 0.261 e. The number of likely N-dealkylation sites (tertiary alicyclic amines) is 1. The van der Waals surface area contributed by atoms with Crippen LogP contribution in [0.3, 0.4) is 0 Å². The van der Waals surface area contributed by atoms with Crippen LogP contribution in [0.2, 0.25) is 0 Å². The number of hydrogen-bond donors (Lipinski definition) is 1. The maximum Gasteiger partial charge on any atom is 0.261 e. The largest absolute Gasteiger partial charge is 0.351 e. The number of rotatable bonds is 5. The molecule has 0 aliphatic carbocycles. The van der Waals surface area contributed by atoms with Gasteiger partial charge in [0.15, 0.2) is 0 Å². The second-order valence-corrected chi connectivity index (χ2v) is 7.09. The summed E-state index contributed by atoms with van der Waals surface area (Å²) in [5.41, 5.74) is 2.43. The topological polar surface area (TPSA) is 49.4 Å². The molecule has 1 aliphatic heterocycles. The molecule has 1 saturated heterocycles. The molecule has 3 rings (SSSR count). The van der Waals surface area contributed by atoms with Crippen LogP contribution in [0.25, 0.3) is 0 Å². The molecule has 0 bridgehead atoms. The van der Waals surface area contributed by atoms with Crippen LogP contribution in [0.5, 0.6) is 0 Å². The lowest BCUT2D eigenvalue weighted by atomic mass is 10.0. The number of carbonyl (C=O) groups is 2. The van der Waals surface area contributed by atoms with E-state index in [1.165, 1.54) is 22.5 Å². The lowest BCUT2D eigenvalue weighted by Gasteiger charge is -2.25. The first kappa shape index (κ1) is 16.7. The predicted molar refractivity (Wildman–Crippen MR) is 96.1 cm³/mol. The Kier molecular flexibility index (Phi) is 5.30. The average molecular weight is 342 g/mol. The molecule has 0 spiro atoms. The fourth-order valence-corrected chi connectivity index (χ4v) is 3.76. The molecule has 1 aromatic carbocycles. The molecule has 0 radical (unpaired) electrons. The van der Waals surface area contributed by atoms with Gasteiger partial charge in [-0.05, 0) is 36.8 Å². The third-order valence-electron chi connectivity index (χ3n) is 4.40. The Labute approximate surface area is 146 Å². The van der Waals surface area contributed by atoms with Crippen molar-refractivity contribution in [1.82, 2.24) is 10.2 Å². The molecule has 0 saturated carbocycles. The van der Waals surface area contributed by atoms with Crippen molar-refractivity contribution in [2.75, 3.05) is 13.1 Å². The Balaban J connectivity index is 1.54. The van der Waals surface area contributed by atoms with Crippen LogP contribution in [0.1, 0.15) is 46.1 Å². The Morgan fingerprint density at radius 3 is 2.75 bits per heavy atom.